The largest absolute Gasteiger partial charge is 0.494 e. The van der Waals surface area contributed by atoms with Crippen molar-refractivity contribution in [2.75, 3.05) is 33.3 Å². The number of halogens is 4. The summed E-state index contributed by atoms with van der Waals surface area (Å²) in [6, 6.07) is 4.04. The highest BCUT2D eigenvalue weighted by Crippen LogP contribution is 2.35. The quantitative estimate of drug-likeness (QED) is 0.637. The minimum atomic E-state index is -4.60. The Hall–Kier alpha value is -2.68. The second kappa shape index (κ2) is 9.05. The van der Waals surface area contributed by atoms with E-state index >= 15 is 0 Å². The number of hydrogen-bond acceptors (Lipinski definition) is 4. The maximum Gasteiger partial charge on any atom is 0.416 e. The van der Waals surface area contributed by atoms with Gasteiger partial charge in [-0.15, -0.1) is 0 Å². The lowest BCUT2D eigenvalue weighted by Crippen LogP contribution is -2.46. The van der Waals surface area contributed by atoms with Gasteiger partial charge < -0.3 is 14.5 Å². The van der Waals surface area contributed by atoms with Gasteiger partial charge in [-0.05, 0) is 63.0 Å². The van der Waals surface area contributed by atoms with Crippen LogP contribution < -0.4 is 4.74 Å². The number of carbonyl (C=O) groups is 1. The number of ether oxygens (including phenoxy) is 1. The summed E-state index contributed by atoms with van der Waals surface area (Å²) in [6.07, 6.45) is 0.837. The molecular weight excluding hydrogens is 426 g/mol. The normalized spacial score (nSPS) is 18.2. The molecule has 172 valence electrons. The van der Waals surface area contributed by atoms with Gasteiger partial charge in [-0.1, -0.05) is 0 Å². The lowest BCUT2D eigenvalue weighted by molar-refractivity contribution is -0.137. The van der Waals surface area contributed by atoms with E-state index in [1.54, 1.807) is 4.90 Å². The summed E-state index contributed by atoms with van der Waals surface area (Å²) in [4.78, 5) is 21.4. The summed E-state index contributed by atoms with van der Waals surface area (Å²) in [6.45, 7) is 3.44. The predicted octanol–water partition coefficient (Wildman–Crippen LogP) is 4.62. The molecule has 2 saturated heterocycles. The summed E-state index contributed by atoms with van der Waals surface area (Å²) in [5.74, 6) is -1.01. The van der Waals surface area contributed by atoms with Crippen LogP contribution in [0, 0.1) is 5.82 Å². The van der Waals surface area contributed by atoms with Crippen LogP contribution in [0.1, 0.15) is 41.7 Å². The van der Waals surface area contributed by atoms with E-state index in [0.717, 1.165) is 38.1 Å². The summed E-state index contributed by atoms with van der Waals surface area (Å²) in [5, 5.41) is 0. The standard InChI is InChI=1S/C23H25F4N3O2/c1-32-20-12-15(18-13-16(23(25,26)27)4-5-19(18)24)14-28-21(20)22(31)30-10-6-17(7-11-30)29-8-2-3-9-29/h4-5,12-14,17H,2-3,6-11H2,1H3. The first-order valence-corrected chi connectivity index (χ1v) is 10.7. The Kier molecular flexibility index (Phi) is 6.37. The van der Waals surface area contributed by atoms with Gasteiger partial charge in [-0.3, -0.25) is 4.79 Å². The molecule has 2 aliphatic heterocycles. The summed E-state index contributed by atoms with van der Waals surface area (Å²) in [5.41, 5.74) is -1.04. The molecular formula is C23H25F4N3O2. The fraction of sp³-hybridized carbons (Fsp3) is 0.478. The van der Waals surface area contributed by atoms with Crippen molar-refractivity contribution in [2.24, 2.45) is 0 Å². The van der Waals surface area contributed by atoms with Crippen molar-refractivity contribution >= 4 is 5.91 Å². The number of likely N-dealkylation sites (tertiary alicyclic amines) is 2. The van der Waals surface area contributed by atoms with Gasteiger partial charge in [0, 0.05) is 36.5 Å². The van der Waals surface area contributed by atoms with Crippen molar-refractivity contribution in [3.05, 3.63) is 47.5 Å². The highest BCUT2D eigenvalue weighted by molar-refractivity contribution is 5.95. The average molecular weight is 451 g/mol. The fourth-order valence-corrected chi connectivity index (χ4v) is 4.52. The molecule has 1 aromatic carbocycles. The Morgan fingerprint density at radius 1 is 1.09 bits per heavy atom. The summed E-state index contributed by atoms with van der Waals surface area (Å²) < 4.78 is 58.7. The molecule has 0 spiro atoms. The molecule has 1 amide bonds. The SMILES string of the molecule is COc1cc(-c2cc(C(F)(F)F)ccc2F)cnc1C(=O)N1CCC(N2CCCC2)CC1. The van der Waals surface area contributed by atoms with Gasteiger partial charge in [0.2, 0.25) is 0 Å². The van der Waals surface area contributed by atoms with Gasteiger partial charge in [-0.2, -0.15) is 13.2 Å². The molecule has 3 heterocycles. The number of methoxy groups -OCH3 is 1. The first-order valence-electron chi connectivity index (χ1n) is 10.7. The van der Waals surface area contributed by atoms with Gasteiger partial charge in [0.25, 0.3) is 5.91 Å². The third-order valence-corrected chi connectivity index (χ3v) is 6.29. The molecule has 2 aliphatic rings. The first kappa shape index (κ1) is 22.5. The van der Waals surface area contributed by atoms with Gasteiger partial charge in [0.05, 0.1) is 12.7 Å². The third-order valence-electron chi connectivity index (χ3n) is 6.29. The van der Waals surface area contributed by atoms with Crippen LogP contribution in [0.15, 0.2) is 30.5 Å². The molecule has 0 radical (unpaired) electrons. The molecule has 0 aliphatic carbocycles. The lowest BCUT2D eigenvalue weighted by atomic mass is 10.0. The van der Waals surface area contributed by atoms with Gasteiger partial charge in [0.1, 0.15) is 5.82 Å². The number of hydrogen-bond donors (Lipinski definition) is 0. The maximum atomic E-state index is 14.3. The second-order valence-corrected chi connectivity index (χ2v) is 8.23. The van der Waals surface area contributed by atoms with E-state index in [2.05, 4.69) is 9.88 Å². The molecule has 4 rings (SSSR count). The summed E-state index contributed by atoms with van der Waals surface area (Å²) in [7, 11) is 1.35. The third kappa shape index (κ3) is 4.57. The smallest absolute Gasteiger partial charge is 0.416 e. The van der Waals surface area contributed by atoms with Crippen LogP contribution in [0.3, 0.4) is 0 Å². The van der Waals surface area contributed by atoms with Crippen LogP contribution in [0.2, 0.25) is 0 Å². The van der Waals surface area contributed by atoms with Gasteiger partial charge in [-0.25, -0.2) is 9.37 Å². The highest BCUT2D eigenvalue weighted by Gasteiger charge is 2.32. The number of alkyl halides is 3. The van der Waals surface area contributed by atoms with Crippen molar-refractivity contribution in [3.63, 3.8) is 0 Å². The average Bonchev–Trinajstić information content (AvgIpc) is 3.33. The van der Waals surface area contributed by atoms with E-state index in [-0.39, 0.29) is 28.5 Å². The molecule has 1 aromatic heterocycles. The minimum absolute atomic E-state index is 0.0725. The lowest BCUT2D eigenvalue weighted by Gasteiger charge is -2.36. The van der Waals surface area contributed by atoms with Crippen molar-refractivity contribution in [2.45, 2.75) is 37.9 Å². The van der Waals surface area contributed by atoms with Gasteiger partial charge >= 0.3 is 6.18 Å². The molecule has 5 nitrogen and oxygen atoms in total. The zero-order valence-corrected chi connectivity index (χ0v) is 17.8. The van der Waals surface area contributed by atoms with Crippen molar-refractivity contribution in [3.8, 4) is 16.9 Å². The van der Waals surface area contributed by atoms with Crippen LogP contribution in [-0.4, -0.2) is 60.0 Å². The van der Waals surface area contributed by atoms with Crippen molar-refractivity contribution in [1.29, 1.82) is 0 Å². The predicted molar refractivity (Wildman–Crippen MR) is 111 cm³/mol. The van der Waals surface area contributed by atoms with E-state index in [9.17, 15) is 22.4 Å². The number of rotatable bonds is 4. The van der Waals surface area contributed by atoms with Crippen LogP contribution in [0.25, 0.3) is 11.1 Å². The van der Waals surface area contributed by atoms with E-state index in [4.69, 9.17) is 4.74 Å². The topological polar surface area (TPSA) is 45.7 Å². The van der Waals surface area contributed by atoms with Crippen molar-refractivity contribution < 1.29 is 27.1 Å². The Morgan fingerprint density at radius 2 is 1.78 bits per heavy atom. The van der Waals surface area contributed by atoms with Gasteiger partial charge in [0.15, 0.2) is 11.4 Å². The number of aromatic nitrogens is 1. The zero-order valence-electron chi connectivity index (χ0n) is 17.8. The van der Waals surface area contributed by atoms with Crippen LogP contribution in [0.4, 0.5) is 17.6 Å². The van der Waals surface area contributed by atoms with Crippen molar-refractivity contribution in [1.82, 2.24) is 14.8 Å². The van der Waals surface area contributed by atoms with E-state index < -0.39 is 17.6 Å². The molecule has 2 aromatic rings. The monoisotopic (exact) mass is 451 g/mol. The molecule has 9 heteroatoms. The summed E-state index contributed by atoms with van der Waals surface area (Å²) >= 11 is 0. The van der Waals surface area contributed by atoms with E-state index in [1.165, 1.54) is 32.2 Å². The molecule has 0 saturated carbocycles. The van der Waals surface area contributed by atoms with E-state index in [1.807, 2.05) is 0 Å². The zero-order chi connectivity index (χ0) is 22.9. The number of benzene rings is 1. The minimum Gasteiger partial charge on any atom is -0.494 e. The Bertz CT molecular complexity index is 982. The molecule has 0 N–H and O–H groups in total. The molecule has 32 heavy (non-hydrogen) atoms. The van der Waals surface area contributed by atoms with Crippen LogP contribution >= 0.6 is 0 Å². The molecule has 2 fully saturated rings. The number of piperidine rings is 1. The number of carbonyl (C=O) groups excluding carboxylic acids is 1. The van der Waals surface area contributed by atoms with E-state index in [0.29, 0.717) is 25.2 Å². The number of amides is 1. The Labute approximate surface area is 184 Å². The van der Waals surface area contributed by atoms with Crippen LogP contribution in [0.5, 0.6) is 5.75 Å². The fourth-order valence-electron chi connectivity index (χ4n) is 4.52. The highest BCUT2D eigenvalue weighted by atomic mass is 19.4. The van der Waals surface area contributed by atoms with Crippen LogP contribution in [-0.2, 0) is 6.18 Å². The maximum absolute atomic E-state index is 14.3. The molecule has 0 bridgehead atoms. The Balaban J connectivity index is 1.54. The number of pyridine rings is 1. The first-order chi connectivity index (χ1) is 15.3. The Morgan fingerprint density at radius 3 is 2.41 bits per heavy atom. The molecule has 0 atom stereocenters. The molecule has 0 unspecified atom stereocenters. The number of nitrogens with zero attached hydrogens (tertiary/aromatic N) is 3. The second-order valence-electron chi connectivity index (χ2n) is 8.23.